The Morgan fingerprint density at radius 1 is 1.75 bits per heavy atom. The average molecular weight is 165 g/mol. The molecule has 0 saturated heterocycles. The lowest BCUT2D eigenvalue weighted by Gasteiger charge is -2.06. The number of aromatic nitrogens is 2. The third kappa shape index (κ3) is 0.952. The van der Waals surface area contributed by atoms with Gasteiger partial charge in [0.15, 0.2) is 5.69 Å². The molecule has 2 N–H and O–H groups in total. The third-order valence-corrected chi connectivity index (χ3v) is 1.53. The molecule has 0 unspecified atom stereocenters. The van der Waals surface area contributed by atoms with E-state index in [2.05, 4.69) is 5.10 Å². The highest BCUT2D eigenvalue weighted by Gasteiger charge is 2.12. The summed E-state index contributed by atoms with van der Waals surface area (Å²) in [5.74, 6) is 0.000185. The van der Waals surface area contributed by atoms with Gasteiger partial charge in [-0.05, 0) is 6.08 Å². The van der Waals surface area contributed by atoms with Gasteiger partial charge in [-0.3, -0.25) is 4.79 Å². The van der Waals surface area contributed by atoms with E-state index < -0.39 is 5.91 Å². The van der Waals surface area contributed by atoms with Crippen molar-refractivity contribution in [3.63, 3.8) is 0 Å². The topological polar surface area (TPSA) is 70.1 Å². The van der Waals surface area contributed by atoms with Crippen LogP contribution in [0.15, 0.2) is 12.1 Å². The first-order valence-corrected chi connectivity index (χ1v) is 3.46. The first kappa shape index (κ1) is 6.90. The molecule has 12 heavy (non-hydrogen) atoms. The van der Waals surface area contributed by atoms with Crippen molar-refractivity contribution in [1.29, 1.82) is 0 Å². The van der Waals surface area contributed by atoms with Crippen LogP contribution in [0.3, 0.4) is 0 Å². The minimum atomic E-state index is -0.547. The maximum atomic E-state index is 10.7. The van der Waals surface area contributed by atoms with Crippen molar-refractivity contribution in [1.82, 2.24) is 9.78 Å². The number of ether oxygens (including phenoxy) is 1. The summed E-state index contributed by atoms with van der Waals surface area (Å²) >= 11 is 0. The Kier molecular flexibility index (Phi) is 1.36. The molecule has 1 aliphatic heterocycles. The summed E-state index contributed by atoms with van der Waals surface area (Å²) in [7, 11) is 0. The molecule has 0 atom stereocenters. The van der Waals surface area contributed by atoms with Crippen LogP contribution in [0.2, 0.25) is 0 Å². The number of nitrogens with two attached hydrogens (primary N) is 1. The molecule has 0 spiro atoms. The lowest BCUT2D eigenvalue weighted by molar-refractivity contribution is 0.0995. The molecule has 1 aromatic rings. The maximum absolute atomic E-state index is 10.7. The predicted octanol–water partition coefficient (Wildman–Crippen LogP) is -0.155. The second kappa shape index (κ2) is 2.37. The maximum Gasteiger partial charge on any atom is 0.269 e. The van der Waals surface area contributed by atoms with Crippen molar-refractivity contribution in [2.45, 2.75) is 0 Å². The van der Waals surface area contributed by atoms with Gasteiger partial charge in [0.2, 0.25) is 5.88 Å². The van der Waals surface area contributed by atoms with E-state index in [4.69, 9.17) is 10.5 Å². The number of rotatable bonds is 1. The minimum absolute atomic E-state index is 0.219. The molecule has 0 radical (unpaired) electrons. The van der Waals surface area contributed by atoms with E-state index >= 15 is 0 Å². The number of carbonyl (C=O) groups excluding carboxylic acids is 1. The van der Waals surface area contributed by atoms with Crippen LogP contribution in [0.5, 0.6) is 5.88 Å². The number of primary amides is 1. The summed E-state index contributed by atoms with van der Waals surface area (Å²) in [6.07, 6.45) is 3.52. The summed E-state index contributed by atoms with van der Waals surface area (Å²) in [5.41, 5.74) is 5.25. The van der Waals surface area contributed by atoms with Crippen LogP contribution in [0.4, 0.5) is 0 Å². The molecule has 5 nitrogen and oxygen atoms in total. The zero-order chi connectivity index (χ0) is 8.55. The van der Waals surface area contributed by atoms with Crippen molar-refractivity contribution in [3.8, 4) is 5.88 Å². The lowest BCUT2D eigenvalue weighted by atomic mass is 10.4. The molecule has 0 fully saturated rings. The molecule has 2 rings (SSSR count). The molecule has 2 heterocycles. The van der Waals surface area contributed by atoms with E-state index in [0.717, 1.165) is 0 Å². The number of nitrogens with zero attached hydrogens (tertiary/aromatic N) is 2. The van der Waals surface area contributed by atoms with Crippen molar-refractivity contribution >= 4 is 12.1 Å². The van der Waals surface area contributed by atoms with Crippen molar-refractivity contribution in [3.05, 3.63) is 17.8 Å². The summed E-state index contributed by atoms with van der Waals surface area (Å²) < 4.78 is 6.64. The van der Waals surface area contributed by atoms with E-state index in [9.17, 15) is 4.79 Å². The Morgan fingerprint density at radius 3 is 3.25 bits per heavy atom. The van der Waals surface area contributed by atoms with Gasteiger partial charge < -0.3 is 10.5 Å². The minimum Gasteiger partial charge on any atom is -0.473 e. The summed E-state index contributed by atoms with van der Waals surface area (Å²) in [6.45, 7) is 0.504. The van der Waals surface area contributed by atoms with Crippen LogP contribution in [0, 0.1) is 0 Å². The highest BCUT2D eigenvalue weighted by atomic mass is 16.5. The van der Waals surface area contributed by atoms with Gasteiger partial charge in [0.25, 0.3) is 5.91 Å². The van der Waals surface area contributed by atoms with Gasteiger partial charge in [0.1, 0.15) is 6.61 Å². The van der Waals surface area contributed by atoms with Gasteiger partial charge in [0, 0.05) is 12.3 Å². The predicted molar refractivity (Wildman–Crippen MR) is 41.6 cm³/mol. The molecule has 0 aliphatic carbocycles. The zero-order valence-corrected chi connectivity index (χ0v) is 6.23. The van der Waals surface area contributed by atoms with E-state index in [1.807, 2.05) is 0 Å². The molecular weight excluding hydrogens is 158 g/mol. The quantitative estimate of drug-likeness (QED) is 0.628. The zero-order valence-electron chi connectivity index (χ0n) is 6.23. The van der Waals surface area contributed by atoms with Gasteiger partial charge in [-0.2, -0.15) is 5.10 Å². The fourth-order valence-electron chi connectivity index (χ4n) is 0.989. The number of fused-ring (bicyclic) bond motifs is 1. The third-order valence-electron chi connectivity index (χ3n) is 1.53. The number of amides is 1. The normalized spacial score (nSPS) is 13.7. The van der Waals surface area contributed by atoms with Gasteiger partial charge in [-0.1, -0.05) is 0 Å². The fraction of sp³-hybridized carbons (Fsp3) is 0.143. The van der Waals surface area contributed by atoms with Crippen molar-refractivity contribution in [2.24, 2.45) is 5.73 Å². The van der Waals surface area contributed by atoms with Crippen molar-refractivity contribution in [2.75, 3.05) is 6.61 Å². The second-order valence-corrected chi connectivity index (χ2v) is 2.37. The van der Waals surface area contributed by atoms with E-state index in [1.54, 1.807) is 12.3 Å². The Labute approximate surface area is 68.4 Å². The Hall–Kier alpha value is -1.78. The van der Waals surface area contributed by atoms with Gasteiger partial charge in [-0.15, -0.1) is 0 Å². The van der Waals surface area contributed by atoms with Crippen LogP contribution >= 0.6 is 0 Å². The number of hydrogen-bond donors (Lipinski definition) is 1. The largest absolute Gasteiger partial charge is 0.473 e. The van der Waals surface area contributed by atoms with Crippen LogP contribution in [0.1, 0.15) is 10.5 Å². The number of hydrogen-bond acceptors (Lipinski definition) is 3. The smallest absolute Gasteiger partial charge is 0.269 e. The molecule has 1 aliphatic rings. The van der Waals surface area contributed by atoms with Crippen LogP contribution in [0.25, 0.3) is 6.20 Å². The highest BCUT2D eigenvalue weighted by Crippen LogP contribution is 2.16. The SMILES string of the molecule is NC(=O)c1cc2n(n1)C=CCO2. The van der Waals surface area contributed by atoms with E-state index in [1.165, 1.54) is 10.7 Å². The summed E-state index contributed by atoms with van der Waals surface area (Å²) in [5, 5.41) is 3.88. The lowest BCUT2D eigenvalue weighted by Crippen LogP contribution is -2.11. The van der Waals surface area contributed by atoms with Gasteiger partial charge in [-0.25, -0.2) is 4.68 Å². The first-order valence-electron chi connectivity index (χ1n) is 3.46. The molecule has 1 amide bonds. The molecule has 0 bridgehead atoms. The monoisotopic (exact) mass is 165 g/mol. The van der Waals surface area contributed by atoms with Gasteiger partial charge in [0.05, 0.1) is 0 Å². The molecule has 0 saturated carbocycles. The fourth-order valence-corrected chi connectivity index (χ4v) is 0.989. The molecule has 1 aromatic heterocycles. The van der Waals surface area contributed by atoms with Crippen LogP contribution < -0.4 is 10.5 Å². The molecule has 62 valence electrons. The Morgan fingerprint density at radius 2 is 2.58 bits per heavy atom. The van der Waals surface area contributed by atoms with E-state index in [-0.39, 0.29) is 5.69 Å². The average Bonchev–Trinajstić information content (AvgIpc) is 2.46. The Bertz CT molecular complexity index is 354. The number of carbonyl (C=O) groups is 1. The van der Waals surface area contributed by atoms with Crippen LogP contribution in [-0.4, -0.2) is 22.3 Å². The Balaban J connectivity index is 2.46. The highest BCUT2D eigenvalue weighted by molar-refractivity contribution is 5.91. The van der Waals surface area contributed by atoms with Crippen molar-refractivity contribution < 1.29 is 9.53 Å². The summed E-state index contributed by atoms with van der Waals surface area (Å²) in [6, 6.07) is 1.52. The molecular formula is C7H7N3O2. The van der Waals surface area contributed by atoms with Crippen LogP contribution in [-0.2, 0) is 0 Å². The summed E-state index contributed by atoms with van der Waals surface area (Å²) in [4.78, 5) is 10.7. The standard InChI is InChI=1S/C7H7N3O2/c8-7(11)5-4-6-10(9-5)2-1-3-12-6/h1-2,4H,3H2,(H2,8,11). The van der Waals surface area contributed by atoms with E-state index in [0.29, 0.717) is 12.5 Å². The first-order chi connectivity index (χ1) is 5.77. The molecule has 5 heteroatoms. The van der Waals surface area contributed by atoms with Gasteiger partial charge >= 0.3 is 0 Å². The second-order valence-electron chi connectivity index (χ2n) is 2.37. The molecule has 0 aromatic carbocycles.